The Morgan fingerprint density at radius 3 is 2.67 bits per heavy atom. The minimum absolute atomic E-state index is 0.173. The molecule has 0 saturated carbocycles. The maximum atomic E-state index is 12.3. The number of hydrogen-bond acceptors (Lipinski definition) is 3. The number of hydrogen-bond donors (Lipinski definition) is 2. The summed E-state index contributed by atoms with van der Waals surface area (Å²) in [6.45, 7) is 4.79. The van der Waals surface area contributed by atoms with Crippen LogP contribution in [0.5, 0.6) is 0 Å². The predicted molar refractivity (Wildman–Crippen MR) is 95.4 cm³/mol. The van der Waals surface area contributed by atoms with Crippen LogP contribution < -0.4 is 10.6 Å². The lowest BCUT2D eigenvalue weighted by Crippen LogP contribution is -2.26. The molecule has 0 radical (unpaired) electrons. The highest BCUT2D eigenvalue weighted by molar-refractivity contribution is 6.30. The van der Waals surface area contributed by atoms with E-state index in [-0.39, 0.29) is 11.6 Å². The molecular weight excluding hydrogens is 326 g/mol. The first kappa shape index (κ1) is 17.9. The van der Waals surface area contributed by atoms with E-state index in [1.165, 1.54) is 12.3 Å². The average molecular weight is 346 g/mol. The van der Waals surface area contributed by atoms with Crippen molar-refractivity contribution in [2.75, 3.05) is 11.9 Å². The molecule has 0 spiro atoms. The smallest absolute Gasteiger partial charge is 0.274 e. The number of carbonyl (C=O) groups excluding carboxylic acids is 2. The second-order valence-corrected chi connectivity index (χ2v) is 6.27. The number of amides is 2. The van der Waals surface area contributed by atoms with Crippen LogP contribution in [0, 0.1) is 5.92 Å². The molecule has 0 aliphatic heterocycles. The highest BCUT2D eigenvalue weighted by atomic mass is 35.5. The fraction of sp³-hybridized carbons (Fsp3) is 0.278. The van der Waals surface area contributed by atoms with Crippen LogP contribution in [-0.4, -0.2) is 23.3 Å². The Kier molecular flexibility index (Phi) is 6.32. The van der Waals surface area contributed by atoms with Gasteiger partial charge in [0.1, 0.15) is 5.69 Å². The monoisotopic (exact) mass is 345 g/mol. The van der Waals surface area contributed by atoms with Gasteiger partial charge in [-0.1, -0.05) is 31.5 Å². The van der Waals surface area contributed by atoms with Gasteiger partial charge >= 0.3 is 0 Å². The average Bonchev–Trinajstić information content (AvgIpc) is 2.54. The molecule has 0 saturated heterocycles. The quantitative estimate of drug-likeness (QED) is 0.837. The first-order valence-electron chi connectivity index (χ1n) is 7.77. The highest BCUT2D eigenvalue weighted by Gasteiger charge is 2.12. The largest absolute Gasteiger partial charge is 0.352 e. The van der Waals surface area contributed by atoms with E-state index in [9.17, 15) is 9.59 Å². The van der Waals surface area contributed by atoms with Gasteiger partial charge in [0.2, 0.25) is 0 Å². The van der Waals surface area contributed by atoms with E-state index in [0.29, 0.717) is 28.7 Å². The van der Waals surface area contributed by atoms with E-state index in [1.807, 2.05) is 0 Å². The van der Waals surface area contributed by atoms with Gasteiger partial charge in [0.15, 0.2) is 0 Å². The van der Waals surface area contributed by atoms with E-state index >= 15 is 0 Å². The van der Waals surface area contributed by atoms with Gasteiger partial charge < -0.3 is 10.6 Å². The molecular formula is C18H20ClN3O2. The van der Waals surface area contributed by atoms with Crippen LogP contribution in [0.15, 0.2) is 42.6 Å². The first-order valence-corrected chi connectivity index (χ1v) is 8.14. The van der Waals surface area contributed by atoms with Crippen LogP contribution in [-0.2, 0) is 0 Å². The topological polar surface area (TPSA) is 71.1 Å². The van der Waals surface area contributed by atoms with Crippen molar-refractivity contribution in [3.63, 3.8) is 0 Å². The van der Waals surface area contributed by atoms with Crippen molar-refractivity contribution in [3.05, 3.63) is 58.9 Å². The summed E-state index contributed by atoms with van der Waals surface area (Å²) in [5.41, 5.74) is 1.15. The van der Waals surface area contributed by atoms with Crippen LogP contribution in [0.25, 0.3) is 0 Å². The second-order valence-electron chi connectivity index (χ2n) is 5.83. The van der Waals surface area contributed by atoms with Crippen molar-refractivity contribution in [1.29, 1.82) is 0 Å². The number of pyridine rings is 1. The van der Waals surface area contributed by atoms with Gasteiger partial charge in [-0.25, -0.2) is 0 Å². The number of halogens is 1. The number of carbonyl (C=O) groups is 2. The molecule has 2 rings (SSSR count). The number of benzene rings is 1. The number of rotatable bonds is 6. The number of anilines is 1. The number of nitrogens with zero attached hydrogens (tertiary/aromatic N) is 1. The molecule has 5 nitrogen and oxygen atoms in total. The number of nitrogens with one attached hydrogen (secondary N) is 2. The molecule has 24 heavy (non-hydrogen) atoms. The van der Waals surface area contributed by atoms with Gasteiger partial charge in [0.25, 0.3) is 11.8 Å². The minimum Gasteiger partial charge on any atom is -0.352 e. The van der Waals surface area contributed by atoms with Gasteiger partial charge in [-0.05, 0) is 42.7 Å². The molecule has 2 N–H and O–H groups in total. The molecule has 6 heteroatoms. The van der Waals surface area contributed by atoms with Crippen LogP contribution in [0.1, 0.15) is 41.1 Å². The molecule has 0 fully saturated rings. The molecule has 1 aromatic heterocycles. The van der Waals surface area contributed by atoms with Crippen LogP contribution in [0.3, 0.4) is 0 Å². The molecule has 2 aromatic rings. The fourth-order valence-corrected chi connectivity index (χ4v) is 2.22. The molecule has 1 aromatic carbocycles. The zero-order valence-electron chi connectivity index (χ0n) is 13.7. The summed E-state index contributed by atoms with van der Waals surface area (Å²) in [5.74, 6) is -0.0919. The lowest BCUT2D eigenvalue weighted by Gasteiger charge is -2.08. The summed E-state index contributed by atoms with van der Waals surface area (Å²) in [6.07, 6.45) is 2.35. The molecule has 2 amide bonds. The van der Waals surface area contributed by atoms with Crippen LogP contribution >= 0.6 is 11.6 Å². The van der Waals surface area contributed by atoms with Crippen molar-refractivity contribution in [1.82, 2.24) is 10.3 Å². The van der Waals surface area contributed by atoms with E-state index in [0.717, 1.165) is 6.42 Å². The zero-order valence-corrected chi connectivity index (χ0v) is 14.4. The van der Waals surface area contributed by atoms with Gasteiger partial charge in [0.05, 0.1) is 0 Å². The summed E-state index contributed by atoms with van der Waals surface area (Å²) in [7, 11) is 0. The van der Waals surface area contributed by atoms with Gasteiger partial charge in [-0.15, -0.1) is 0 Å². The lowest BCUT2D eigenvalue weighted by atomic mass is 10.1. The van der Waals surface area contributed by atoms with Gasteiger partial charge in [0, 0.05) is 29.0 Å². The molecule has 126 valence electrons. The maximum Gasteiger partial charge on any atom is 0.274 e. The van der Waals surface area contributed by atoms with Crippen molar-refractivity contribution in [2.45, 2.75) is 20.3 Å². The fourth-order valence-electron chi connectivity index (χ4n) is 2.03. The van der Waals surface area contributed by atoms with Crippen LogP contribution in [0.4, 0.5) is 5.69 Å². The first-order chi connectivity index (χ1) is 11.5. The third-order valence-corrected chi connectivity index (χ3v) is 3.58. The Hall–Kier alpha value is -2.40. The van der Waals surface area contributed by atoms with E-state index in [1.54, 1.807) is 30.3 Å². The van der Waals surface area contributed by atoms with E-state index in [2.05, 4.69) is 29.5 Å². The normalized spacial score (nSPS) is 10.5. The molecule has 0 unspecified atom stereocenters. The van der Waals surface area contributed by atoms with Crippen molar-refractivity contribution < 1.29 is 9.59 Å². The van der Waals surface area contributed by atoms with Crippen molar-refractivity contribution >= 4 is 29.1 Å². The van der Waals surface area contributed by atoms with Crippen molar-refractivity contribution in [3.8, 4) is 0 Å². The minimum atomic E-state index is -0.394. The molecule has 0 aliphatic carbocycles. The SMILES string of the molecule is CC(C)CCNC(=O)c1ccnc(C(=O)Nc2cccc(Cl)c2)c1. The lowest BCUT2D eigenvalue weighted by molar-refractivity contribution is 0.0952. The summed E-state index contributed by atoms with van der Waals surface area (Å²) in [5, 5.41) is 6.07. The van der Waals surface area contributed by atoms with Gasteiger partial charge in [-0.3, -0.25) is 14.6 Å². The summed E-state index contributed by atoms with van der Waals surface area (Å²) in [6, 6.07) is 9.89. The van der Waals surface area contributed by atoms with Crippen molar-refractivity contribution in [2.24, 2.45) is 5.92 Å². The Bertz CT molecular complexity index is 732. The third-order valence-electron chi connectivity index (χ3n) is 3.34. The molecule has 0 bridgehead atoms. The summed E-state index contributed by atoms with van der Waals surface area (Å²) in [4.78, 5) is 28.4. The Morgan fingerprint density at radius 1 is 1.17 bits per heavy atom. The van der Waals surface area contributed by atoms with Gasteiger partial charge in [-0.2, -0.15) is 0 Å². The molecule has 0 aliphatic rings. The predicted octanol–water partition coefficient (Wildman–Crippen LogP) is 3.76. The maximum absolute atomic E-state index is 12.3. The molecule has 1 heterocycles. The summed E-state index contributed by atoms with van der Waals surface area (Å²) < 4.78 is 0. The van der Waals surface area contributed by atoms with Crippen LogP contribution in [0.2, 0.25) is 5.02 Å². The highest BCUT2D eigenvalue weighted by Crippen LogP contribution is 2.15. The third kappa shape index (κ3) is 5.35. The van der Waals surface area contributed by atoms with E-state index < -0.39 is 5.91 Å². The standard InChI is InChI=1S/C18H20ClN3O2/c1-12(2)6-8-21-17(23)13-7-9-20-16(10-13)18(24)22-15-5-3-4-14(19)11-15/h3-5,7,9-12H,6,8H2,1-2H3,(H,21,23)(H,22,24). The Balaban J connectivity index is 2.03. The second kappa shape index (κ2) is 8.45. The zero-order chi connectivity index (χ0) is 17.5. The molecule has 0 atom stereocenters. The number of aromatic nitrogens is 1. The van der Waals surface area contributed by atoms with E-state index in [4.69, 9.17) is 11.6 Å². The Labute approximate surface area is 146 Å². The summed E-state index contributed by atoms with van der Waals surface area (Å²) >= 11 is 5.89. The Morgan fingerprint density at radius 2 is 1.96 bits per heavy atom.